The van der Waals surface area contributed by atoms with E-state index in [9.17, 15) is 9.59 Å². The van der Waals surface area contributed by atoms with E-state index in [1.807, 2.05) is 0 Å². The number of benzene rings is 1. The Hall–Kier alpha value is -2.21. The van der Waals surface area contributed by atoms with Crippen LogP contribution in [0.3, 0.4) is 0 Å². The summed E-state index contributed by atoms with van der Waals surface area (Å²) in [7, 11) is 1.33. The maximum atomic E-state index is 12.7. The lowest BCUT2D eigenvalue weighted by Gasteiger charge is -2.23. The van der Waals surface area contributed by atoms with Gasteiger partial charge in [-0.15, -0.1) is 11.3 Å². The molecule has 0 saturated heterocycles. The van der Waals surface area contributed by atoms with Crippen LogP contribution in [0, 0.1) is 0 Å². The van der Waals surface area contributed by atoms with E-state index >= 15 is 0 Å². The predicted octanol–water partition coefficient (Wildman–Crippen LogP) is 3.38. The number of ether oxygens (including phenoxy) is 1. The van der Waals surface area contributed by atoms with Gasteiger partial charge < -0.3 is 9.64 Å². The van der Waals surface area contributed by atoms with Crippen LogP contribution in [0.5, 0.6) is 0 Å². The monoisotopic (exact) mass is 318 g/mol. The third-order valence-electron chi connectivity index (χ3n) is 3.23. The van der Waals surface area contributed by atoms with E-state index in [0.717, 1.165) is 12.8 Å². The number of hydrogen-bond donors (Lipinski definition) is 0. The molecule has 0 N–H and O–H groups in total. The minimum Gasteiger partial charge on any atom is -0.465 e. The van der Waals surface area contributed by atoms with Crippen molar-refractivity contribution in [2.45, 2.75) is 19.8 Å². The molecule has 2 aromatic rings. The fourth-order valence-corrected chi connectivity index (χ4v) is 2.62. The molecule has 0 aliphatic heterocycles. The van der Waals surface area contributed by atoms with E-state index in [1.165, 1.54) is 18.4 Å². The van der Waals surface area contributed by atoms with Crippen molar-refractivity contribution >= 4 is 28.9 Å². The number of esters is 1. The van der Waals surface area contributed by atoms with Crippen molar-refractivity contribution in [2.75, 3.05) is 18.6 Å². The number of methoxy groups -OCH3 is 1. The molecular weight excluding hydrogens is 300 g/mol. The maximum absolute atomic E-state index is 12.7. The third kappa shape index (κ3) is 3.51. The minimum absolute atomic E-state index is 0.203. The molecule has 0 unspecified atom stereocenters. The number of hydrogen-bond acceptors (Lipinski definition) is 5. The second-order valence-electron chi connectivity index (χ2n) is 4.69. The molecule has 0 bridgehead atoms. The van der Waals surface area contributed by atoms with Crippen molar-refractivity contribution in [3.8, 4) is 0 Å². The first-order valence-corrected chi connectivity index (χ1v) is 8.00. The lowest BCUT2D eigenvalue weighted by atomic mass is 10.1. The van der Waals surface area contributed by atoms with Crippen LogP contribution in [-0.4, -0.2) is 30.5 Å². The summed E-state index contributed by atoms with van der Waals surface area (Å²) in [5.74, 6) is -0.658. The van der Waals surface area contributed by atoms with Gasteiger partial charge in [-0.3, -0.25) is 4.79 Å². The number of rotatable bonds is 6. The molecule has 0 radical (unpaired) electrons. The molecule has 0 spiro atoms. The quantitative estimate of drug-likeness (QED) is 0.766. The van der Waals surface area contributed by atoms with Gasteiger partial charge in [-0.2, -0.15) is 0 Å². The summed E-state index contributed by atoms with van der Waals surface area (Å²) < 4.78 is 4.81. The summed E-state index contributed by atoms with van der Waals surface area (Å²) in [6, 6.07) is 6.97. The summed E-state index contributed by atoms with van der Waals surface area (Å²) >= 11 is 1.37. The van der Waals surface area contributed by atoms with Crippen LogP contribution in [0.1, 0.15) is 40.6 Å². The van der Waals surface area contributed by atoms with Gasteiger partial charge in [0, 0.05) is 11.9 Å². The largest absolute Gasteiger partial charge is 0.465 e. The average Bonchev–Trinajstić information content (AvgIpc) is 3.09. The zero-order valence-electron chi connectivity index (χ0n) is 12.6. The molecule has 0 atom stereocenters. The second-order valence-corrected chi connectivity index (χ2v) is 5.41. The van der Waals surface area contributed by atoms with Gasteiger partial charge in [-0.05, 0) is 18.6 Å². The van der Waals surface area contributed by atoms with E-state index < -0.39 is 5.97 Å². The van der Waals surface area contributed by atoms with Crippen molar-refractivity contribution in [3.63, 3.8) is 0 Å². The number of amides is 1. The number of thiazole rings is 1. The number of nitrogens with zero attached hydrogens (tertiary/aromatic N) is 2. The highest BCUT2D eigenvalue weighted by molar-refractivity contribution is 7.07. The van der Waals surface area contributed by atoms with Crippen molar-refractivity contribution < 1.29 is 14.3 Å². The fraction of sp³-hybridized carbons (Fsp3) is 0.312. The summed E-state index contributed by atoms with van der Waals surface area (Å²) in [4.78, 5) is 30.3. The number of unbranched alkanes of at least 4 members (excludes halogenated alkanes) is 1. The number of carbonyl (C=O) groups excluding carboxylic acids is 2. The Morgan fingerprint density at radius 1 is 1.32 bits per heavy atom. The van der Waals surface area contributed by atoms with Gasteiger partial charge >= 0.3 is 5.97 Å². The van der Waals surface area contributed by atoms with Crippen LogP contribution < -0.4 is 4.90 Å². The van der Waals surface area contributed by atoms with Crippen molar-refractivity contribution in [1.29, 1.82) is 0 Å². The first-order valence-electron chi connectivity index (χ1n) is 7.06. The molecule has 116 valence electrons. The Morgan fingerprint density at radius 3 is 2.73 bits per heavy atom. The van der Waals surface area contributed by atoms with E-state index in [4.69, 9.17) is 4.74 Å². The van der Waals surface area contributed by atoms with E-state index in [2.05, 4.69) is 11.9 Å². The summed E-state index contributed by atoms with van der Waals surface area (Å²) in [6.45, 7) is 2.58. The van der Waals surface area contributed by atoms with Gasteiger partial charge in [0.25, 0.3) is 5.91 Å². The highest BCUT2D eigenvalue weighted by atomic mass is 32.1. The van der Waals surface area contributed by atoms with Crippen LogP contribution in [0.25, 0.3) is 0 Å². The molecule has 6 heteroatoms. The Balaban J connectivity index is 2.41. The summed E-state index contributed by atoms with van der Waals surface area (Å²) in [5, 5.41) is 1.71. The lowest BCUT2D eigenvalue weighted by Crippen LogP contribution is -2.33. The normalized spacial score (nSPS) is 10.3. The van der Waals surface area contributed by atoms with Gasteiger partial charge in [0.2, 0.25) is 0 Å². The molecule has 1 aromatic carbocycles. The van der Waals surface area contributed by atoms with Crippen molar-refractivity contribution in [3.05, 3.63) is 46.4 Å². The topological polar surface area (TPSA) is 59.5 Å². The molecule has 1 amide bonds. The number of anilines is 1. The Kier molecular flexibility index (Phi) is 5.66. The van der Waals surface area contributed by atoms with Crippen molar-refractivity contribution in [2.24, 2.45) is 0 Å². The zero-order chi connectivity index (χ0) is 15.9. The number of para-hydroxylation sites is 1. The van der Waals surface area contributed by atoms with Crippen molar-refractivity contribution in [1.82, 2.24) is 4.98 Å². The molecule has 22 heavy (non-hydrogen) atoms. The Bertz CT molecular complexity index is 641. The fourth-order valence-electron chi connectivity index (χ4n) is 2.10. The molecule has 2 rings (SSSR count). The Labute approximate surface area is 133 Å². The van der Waals surface area contributed by atoms with Crippen LogP contribution in [0.15, 0.2) is 35.2 Å². The van der Waals surface area contributed by atoms with Gasteiger partial charge in [0.1, 0.15) is 5.69 Å². The number of aromatic nitrogens is 1. The lowest BCUT2D eigenvalue weighted by molar-refractivity contribution is 0.0601. The van der Waals surface area contributed by atoms with Gasteiger partial charge in [0.15, 0.2) is 0 Å². The van der Waals surface area contributed by atoms with E-state index in [-0.39, 0.29) is 5.91 Å². The third-order valence-corrected chi connectivity index (χ3v) is 3.82. The van der Waals surface area contributed by atoms with Gasteiger partial charge in [0.05, 0.1) is 23.9 Å². The highest BCUT2D eigenvalue weighted by Crippen LogP contribution is 2.24. The average molecular weight is 318 g/mol. The first-order chi connectivity index (χ1) is 10.7. The molecular formula is C16H18N2O3S. The summed E-state index contributed by atoms with van der Waals surface area (Å²) in [6.07, 6.45) is 1.78. The minimum atomic E-state index is -0.455. The summed E-state index contributed by atoms with van der Waals surface area (Å²) in [5.41, 5.74) is 2.95. The second kappa shape index (κ2) is 7.70. The molecule has 0 fully saturated rings. The van der Waals surface area contributed by atoms with Crippen LogP contribution in [-0.2, 0) is 4.74 Å². The molecule has 1 aromatic heterocycles. The standard InChI is InChI=1S/C16H18N2O3S/c1-3-4-9-18(15(19)13-10-22-11-17-13)14-8-6-5-7-12(14)16(20)21-2/h5-8,10-11H,3-4,9H2,1-2H3. The predicted molar refractivity (Wildman–Crippen MR) is 86.5 cm³/mol. The van der Waals surface area contributed by atoms with Gasteiger partial charge in [-0.25, -0.2) is 9.78 Å². The first kappa shape index (κ1) is 16.2. The maximum Gasteiger partial charge on any atom is 0.339 e. The molecule has 0 saturated carbocycles. The number of carbonyl (C=O) groups is 2. The van der Waals surface area contributed by atoms with E-state index in [1.54, 1.807) is 40.1 Å². The van der Waals surface area contributed by atoms with Crippen LogP contribution in [0.2, 0.25) is 0 Å². The van der Waals surface area contributed by atoms with Gasteiger partial charge in [-0.1, -0.05) is 25.5 Å². The van der Waals surface area contributed by atoms with Crippen LogP contribution in [0.4, 0.5) is 5.69 Å². The van der Waals surface area contributed by atoms with Crippen LogP contribution >= 0.6 is 11.3 Å². The SMILES string of the molecule is CCCCN(C(=O)c1cscn1)c1ccccc1C(=O)OC. The molecule has 0 aliphatic carbocycles. The van der Waals surface area contributed by atoms with E-state index in [0.29, 0.717) is 23.5 Å². The molecule has 1 heterocycles. The Morgan fingerprint density at radius 2 is 2.09 bits per heavy atom. The molecule has 5 nitrogen and oxygen atoms in total. The zero-order valence-corrected chi connectivity index (χ0v) is 13.4. The highest BCUT2D eigenvalue weighted by Gasteiger charge is 2.23. The molecule has 0 aliphatic rings. The smallest absolute Gasteiger partial charge is 0.339 e.